The van der Waals surface area contributed by atoms with E-state index in [1.165, 1.54) is 0 Å². The van der Waals surface area contributed by atoms with E-state index in [-0.39, 0.29) is 0 Å². The molecule has 0 radical (unpaired) electrons. The zero-order valence-electron chi connectivity index (χ0n) is 10.8. The molecule has 1 amide bonds. The summed E-state index contributed by atoms with van der Waals surface area (Å²) in [5.41, 5.74) is 8.52. The maximum absolute atomic E-state index is 11.6. The minimum atomic E-state index is -0.454. The quantitative estimate of drug-likeness (QED) is 0.784. The van der Waals surface area contributed by atoms with Gasteiger partial charge in [-0.05, 0) is 37.3 Å². The number of rotatable bonds is 2. The number of nitrogens with zero attached hydrogens (tertiary/aromatic N) is 2. The molecule has 100 valence electrons. The highest BCUT2D eigenvalue weighted by Gasteiger charge is 2.15. The standard InChI is InChI=1S/C15H12BrN3O/c1-9-18-12-4-2-3-5-13(12)19(9)14-8-10(16)6-7-11(14)15(17)20/h2-8H,1H3,(H2,17,20). The molecule has 20 heavy (non-hydrogen) atoms. The second-order valence-corrected chi connectivity index (χ2v) is 5.42. The van der Waals surface area contributed by atoms with E-state index in [0.717, 1.165) is 27.0 Å². The van der Waals surface area contributed by atoms with E-state index >= 15 is 0 Å². The average molecular weight is 330 g/mol. The molecule has 1 aromatic heterocycles. The monoisotopic (exact) mass is 329 g/mol. The van der Waals surface area contributed by atoms with Gasteiger partial charge < -0.3 is 5.73 Å². The van der Waals surface area contributed by atoms with Crippen molar-refractivity contribution < 1.29 is 4.79 Å². The molecule has 2 aromatic carbocycles. The fourth-order valence-electron chi connectivity index (χ4n) is 2.35. The van der Waals surface area contributed by atoms with E-state index < -0.39 is 5.91 Å². The van der Waals surface area contributed by atoms with Gasteiger partial charge in [-0.3, -0.25) is 9.36 Å². The van der Waals surface area contributed by atoms with Crippen molar-refractivity contribution in [2.75, 3.05) is 0 Å². The Kier molecular flexibility index (Phi) is 3.06. The fraction of sp³-hybridized carbons (Fsp3) is 0.0667. The van der Waals surface area contributed by atoms with Crippen molar-refractivity contribution in [3.63, 3.8) is 0 Å². The van der Waals surface area contributed by atoms with Crippen LogP contribution in [0.1, 0.15) is 16.2 Å². The van der Waals surface area contributed by atoms with E-state index in [2.05, 4.69) is 20.9 Å². The van der Waals surface area contributed by atoms with Crippen LogP contribution < -0.4 is 5.73 Å². The number of carbonyl (C=O) groups excluding carboxylic acids is 1. The first kappa shape index (κ1) is 12.9. The van der Waals surface area contributed by atoms with E-state index in [0.29, 0.717) is 5.56 Å². The molecule has 5 heteroatoms. The molecule has 0 aliphatic rings. The Morgan fingerprint density at radius 2 is 2.00 bits per heavy atom. The molecule has 0 aliphatic heterocycles. The Morgan fingerprint density at radius 1 is 1.25 bits per heavy atom. The summed E-state index contributed by atoms with van der Waals surface area (Å²) in [4.78, 5) is 16.2. The van der Waals surface area contributed by atoms with Crippen LogP contribution in [-0.4, -0.2) is 15.5 Å². The van der Waals surface area contributed by atoms with Crippen LogP contribution in [0.2, 0.25) is 0 Å². The third kappa shape index (κ3) is 2.00. The smallest absolute Gasteiger partial charge is 0.250 e. The lowest BCUT2D eigenvalue weighted by atomic mass is 10.1. The number of imidazole rings is 1. The van der Waals surface area contributed by atoms with Crippen LogP contribution in [-0.2, 0) is 0 Å². The van der Waals surface area contributed by atoms with Gasteiger partial charge in [-0.1, -0.05) is 28.1 Å². The zero-order chi connectivity index (χ0) is 14.3. The van der Waals surface area contributed by atoms with Gasteiger partial charge >= 0.3 is 0 Å². The topological polar surface area (TPSA) is 60.9 Å². The van der Waals surface area contributed by atoms with Gasteiger partial charge in [0.1, 0.15) is 5.82 Å². The van der Waals surface area contributed by atoms with Gasteiger partial charge in [-0.25, -0.2) is 4.98 Å². The summed E-state index contributed by atoms with van der Waals surface area (Å²) in [5.74, 6) is 0.358. The maximum atomic E-state index is 11.6. The van der Waals surface area contributed by atoms with Crippen molar-refractivity contribution in [2.45, 2.75) is 6.92 Å². The number of primary amides is 1. The Balaban J connectivity index is 2.39. The Bertz CT molecular complexity index is 823. The van der Waals surface area contributed by atoms with E-state index in [1.54, 1.807) is 12.1 Å². The molecular weight excluding hydrogens is 318 g/mol. The molecule has 0 aliphatic carbocycles. The van der Waals surface area contributed by atoms with Crippen LogP contribution in [0.4, 0.5) is 0 Å². The highest BCUT2D eigenvalue weighted by atomic mass is 79.9. The summed E-state index contributed by atoms with van der Waals surface area (Å²) in [7, 11) is 0. The molecule has 0 atom stereocenters. The first-order valence-electron chi connectivity index (χ1n) is 6.12. The number of amides is 1. The number of hydrogen-bond donors (Lipinski definition) is 1. The molecule has 4 nitrogen and oxygen atoms in total. The van der Waals surface area contributed by atoms with E-state index in [1.807, 2.05) is 41.8 Å². The van der Waals surface area contributed by atoms with Gasteiger partial charge in [-0.15, -0.1) is 0 Å². The Labute approximate surface area is 124 Å². The molecule has 3 rings (SSSR count). The summed E-state index contributed by atoms with van der Waals surface area (Å²) in [5, 5.41) is 0. The average Bonchev–Trinajstić information content (AvgIpc) is 2.73. The number of aryl methyl sites for hydroxylation is 1. The molecule has 0 saturated heterocycles. The minimum absolute atomic E-state index is 0.454. The largest absolute Gasteiger partial charge is 0.366 e. The maximum Gasteiger partial charge on any atom is 0.250 e. The van der Waals surface area contributed by atoms with E-state index in [9.17, 15) is 4.79 Å². The number of para-hydroxylation sites is 2. The summed E-state index contributed by atoms with van der Waals surface area (Å²) >= 11 is 3.43. The predicted octanol–water partition coefficient (Wildman–Crippen LogP) is 3.20. The Hall–Kier alpha value is -2.14. The lowest BCUT2D eigenvalue weighted by Crippen LogP contribution is -2.15. The number of carbonyl (C=O) groups is 1. The van der Waals surface area contributed by atoms with Crippen LogP contribution in [0.25, 0.3) is 16.7 Å². The van der Waals surface area contributed by atoms with Crippen LogP contribution >= 0.6 is 15.9 Å². The molecule has 2 N–H and O–H groups in total. The van der Waals surface area contributed by atoms with Crippen LogP contribution in [0, 0.1) is 6.92 Å². The number of benzene rings is 2. The van der Waals surface area contributed by atoms with E-state index in [4.69, 9.17) is 5.73 Å². The van der Waals surface area contributed by atoms with Crippen molar-refractivity contribution in [1.29, 1.82) is 0 Å². The predicted molar refractivity (Wildman–Crippen MR) is 82.0 cm³/mol. The number of nitrogens with two attached hydrogens (primary N) is 1. The molecular formula is C15H12BrN3O. The van der Waals surface area contributed by atoms with Crippen LogP contribution in [0.15, 0.2) is 46.9 Å². The third-order valence-corrected chi connectivity index (χ3v) is 3.69. The van der Waals surface area contributed by atoms with Gasteiger partial charge in [0.05, 0.1) is 22.3 Å². The highest BCUT2D eigenvalue weighted by Crippen LogP contribution is 2.26. The van der Waals surface area contributed by atoms with Crippen molar-refractivity contribution >= 4 is 32.9 Å². The normalized spacial score (nSPS) is 10.9. The number of fused-ring (bicyclic) bond motifs is 1. The van der Waals surface area contributed by atoms with Crippen molar-refractivity contribution in [3.8, 4) is 5.69 Å². The van der Waals surface area contributed by atoms with Crippen molar-refractivity contribution in [2.24, 2.45) is 5.73 Å². The molecule has 0 saturated carbocycles. The number of hydrogen-bond acceptors (Lipinski definition) is 2. The lowest BCUT2D eigenvalue weighted by Gasteiger charge is -2.11. The van der Waals surface area contributed by atoms with Gasteiger partial charge in [0.25, 0.3) is 5.91 Å². The van der Waals surface area contributed by atoms with Gasteiger partial charge in [0.2, 0.25) is 0 Å². The molecule has 0 fully saturated rings. The summed E-state index contributed by atoms with van der Waals surface area (Å²) < 4.78 is 2.83. The third-order valence-electron chi connectivity index (χ3n) is 3.19. The Morgan fingerprint density at radius 3 is 2.75 bits per heavy atom. The highest BCUT2D eigenvalue weighted by molar-refractivity contribution is 9.10. The van der Waals surface area contributed by atoms with Crippen LogP contribution in [0.5, 0.6) is 0 Å². The molecule has 0 unspecified atom stereocenters. The van der Waals surface area contributed by atoms with Gasteiger partial charge in [0.15, 0.2) is 0 Å². The summed E-state index contributed by atoms with van der Waals surface area (Å²) in [6.07, 6.45) is 0. The number of aromatic nitrogens is 2. The first-order chi connectivity index (χ1) is 9.58. The zero-order valence-corrected chi connectivity index (χ0v) is 12.4. The summed E-state index contributed by atoms with van der Waals surface area (Å²) in [6, 6.07) is 13.2. The summed E-state index contributed by atoms with van der Waals surface area (Å²) in [6.45, 7) is 1.91. The second-order valence-electron chi connectivity index (χ2n) is 4.51. The van der Waals surface area contributed by atoms with Crippen LogP contribution in [0.3, 0.4) is 0 Å². The minimum Gasteiger partial charge on any atom is -0.366 e. The molecule has 1 heterocycles. The fourth-order valence-corrected chi connectivity index (χ4v) is 2.70. The molecule has 0 bridgehead atoms. The van der Waals surface area contributed by atoms with Gasteiger partial charge in [0, 0.05) is 4.47 Å². The lowest BCUT2D eigenvalue weighted by molar-refractivity contribution is 0.100. The number of halogens is 1. The molecule has 3 aromatic rings. The van der Waals surface area contributed by atoms with Crippen molar-refractivity contribution in [3.05, 3.63) is 58.3 Å². The molecule has 0 spiro atoms. The SMILES string of the molecule is Cc1nc2ccccc2n1-c1cc(Br)ccc1C(N)=O. The van der Waals surface area contributed by atoms with Gasteiger partial charge in [-0.2, -0.15) is 0 Å². The first-order valence-corrected chi connectivity index (χ1v) is 6.91. The van der Waals surface area contributed by atoms with Crippen molar-refractivity contribution in [1.82, 2.24) is 9.55 Å². The second kappa shape index (κ2) is 4.76.